The summed E-state index contributed by atoms with van der Waals surface area (Å²) in [5, 5.41) is 7.09. The van der Waals surface area contributed by atoms with Crippen molar-refractivity contribution >= 4 is 23.6 Å². The van der Waals surface area contributed by atoms with Crippen molar-refractivity contribution in [3.8, 4) is 0 Å². The predicted octanol–water partition coefficient (Wildman–Crippen LogP) is 2.33. The van der Waals surface area contributed by atoms with E-state index < -0.39 is 0 Å². The summed E-state index contributed by atoms with van der Waals surface area (Å²) < 4.78 is 12.5. The first-order valence-electron chi connectivity index (χ1n) is 9.70. The van der Waals surface area contributed by atoms with Crippen molar-refractivity contribution in [3.63, 3.8) is 0 Å². The first-order chi connectivity index (χ1) is 13.6. The van der Waals surface area contributed by atoms with E-state index in [4.69, 9.17) is 9.26 Å². The molecule has 1 aliphatic heterocycles. The summed E-state index contributed by atoms with van der Waals surface area (Å²) in [6.07, 6.45) is 6.03. The van der Waals surface area contributed by atoms with Gasteiger partial charge in [0.1, 0.15) is 5.03 Å². The molecule has 2 aliphatic rings. The maximum absolute atomic E-state index is 12.7. The van der Waals surface area contributed by atoms with E-state index >= 15 is 0 Å². The zero-order chi connectivity index (χ0) is 19.5. The second kappa shape index (κ2) is 8.48. The van der Waals surface area contributed by atoms with Crippen LogP contribution in [0.15, 0.2) is 20.4 Å². The molecule has 0 unspecified atom stereocenters. The Bertz CT molecular complexity index is 917. The van der Waals surface area contributed by atoms with Crippen molar-refractivity contribution in [2.75, 3.05) is 17.7 Å². The molecule has 28 heavy (non-hydrogen) atoms. The number of ether oxygens (including phenoxy) is 1. The molecular weight excluding hydrogens is 380 g/mol. The van der Waals surface area contributed by atoms with E-state index in [1.165, 1.54) is 11.8 Å². The number of nitrogens with zero attached hydrogens (tertiary/aromatic N) is 3. The SMILES string of the molecule is Cc1cc(NC(=O)CSc2nc(=O)n(C[C@H]3CCCO3)c3c2CCCC3)on1. The number of fused-ring (bicyclic) bond motifs is 1. The van der Waals surface area contributed by atoms with Gasteiger partial charge in [0.2, 0.25) is 11.8 Å². The molecule has 1 fully saturated rings. The largest absolute Gasteiger partial charge is 0.376 e. The van der Waals surface area contributed by atoms with Gasteiger partial charge in [-0.2, -0.15) is 4.98 Å². The third kappa shape index (κ3) is 4.30. The summed E-state index contributed by atoms with van der Waals surface area (Å²) >= 11 is 1.31. The lowest BCUT2D eigenvalue weighted by Gasteiger charge is -2.24. The van der Waals surface area contributed by atoms with Gasteiger partial charge >= 0.3 is 5.69 Å². The molecule has 1 aliphatic carbocycles. The van der Waals surface area contributed by atoms with Crippen molar-refractivity contribution in [1.29, 1.82) is 0 Å². The van der Waals surface area contributed by atoms with Crippen molar-refractivity contribution < 1.29 is 14.1 Å². The van der Waals surface area contributed by atoms with Crippen molar-refractivity contribution in [2.45, 2.75) is 63.1 Å². The van der Waals surface area contributed by atoms with Crippen LogP contribution in [0.3, 0.4) is 0 Å². The van der Waals surface area contributed by atoms with Crippen molar-refractivity contribution in [1.82, 2.24) is 14.7 Å². The molecule has 1 N–H and O–H groups in total. The third-order valence-electron chi connectivity index (χ3n) is 5.09. The summed E-state index contributed by atoms with van der Waals surface area (Å²) in [6.45, 7) is 3.13. The zero-order valence-corrected chi connectivity index (χ0v) is 16.7. The normalized spacial score (nSPS) is 18.8. The molecule has 3 heterocycles. The van der Waals surface area contributed by atoms with E-state index in [1.54, 1.807) is 17.6 Å². The highest BCUT2D eigenvalue weighted by atomic mass is 32.2. The Hall–Kier alpha value is -2.13. The molecule has 1 saturated heterocycles. The van der Waals surface area contributed by atoms with Gasteiger partial charge in [0.15, 0.2) is 0 Å². The number of thioether (sulfide) groups is 1. The van der Waals surface area contributed by atoms with E-state index in [0.29, 0.717) is 23.1 Å². The van der Waals surface area contributed by atoms with Crippen molar-refractivity contribution in [2.24, 2.45) is 0 Å². The van der Waals surface area contributed by atoms with Gasteiger partial charge in [-0.1, -0.05) is 16.9 Å². The average Bonchev–Trinajstić information content (AvgIpc) is 3.34. The Labute approximate surface area is 167 Å². The molecule has 1 atom stereocenters. The highest BCUT2D eigenvalue weighted by molar-refractivity contribution is 8.00. The minimum Gasteiger partial charge on any atom is -0.376 e. The summed E-state index contributed by atoms with van der Waals surface area (Å²) in [7, 11) is 0. The van der Waals surface area contributed by atoms with Gasteiger partial charge in [0, 0.05) is 23.9 Å². The van der Waals surface area contributed by atoms with Crippen LogP contribution in [0.4, 0.5) is 5.88 Å². The molecule has 0 spiro atoms. The first kappa shape index (κ1) is 19.2. The smallest absolute Gasteiger partial charge is 0.348 e. The van der Waals surface area contributed by atoms with E-state index in [2.05, 4.69) is 15.5 Å². The summed E-state index contributed by atoms with van der Waals surface area (Å²) in [5.74, 6) is 0.273. The Morgan fingerprint density at radius 3 is 2.96 bits per heavy atom. The molecule has 2 aromatic rings. The van der Waals surface area contributed by atoms with Crippen LogP contribution >= 0.6 is 11.8 Å². The maximum Gasteiger partial charge on any atom is 0.348 e. The molecule has 8 nitrogen and oxygen atoms in total. The van der Waals surface area contributed by atoms with E-state index in [0.717, 1.165) is 56.4 Å². The third-order valence-corrected chi connectivity index (χ3v) is 6.11. The number of carbonyl (C=O) groups is 1. The van der Waals surface area contributed by atoms with Gasteiger partial charge < -0.3 is 9.26 Å². The van der Waals surface area contributed by atoms with Gasteiger partial charge in [-0.3, -0.25) is 14.7 Å². The number of rotatable bonds is 6. The van der Waals surface area contributed by atoms with Crippen LogP contribution in [0.2, 0.25) is 0 Å². The fourth-order valence-corrected chi connectivity index (χ4v) is 4.65. The first-order valence-corrected chi connectivity index (χ1v) is 10.7. The molecule has 0 radical (unpaired) electrons. The van der Waals surface area contributed by atoms with Crippen LogP contribution in [-0.2, 0) is 28.9 Å². The molecule has 9 heteroatoms. The zero-order valence-electron chi connectivity index (χ0n) is 15.9. The number of aryl methyl sites for hydroxylation is 1. The van der Waals surface area contributed by atoms with Crippen LogP contribution in [-0.4, -0.2) is 39.1 Å². The number of amides is 1. The Morgan fingerprint density at radius 2 is 2.21 bits per heavy atom. The average molecular weight is 404 g/mol. The standard InChI is InChI=1S/C19H24N4O4S/c1-12-9-17(27-22-12)20-16(24)11-28-18-14-6-2-3-7-15(14)23(19(25)21-18)10-13-5-4-8-26-13/h9,13H,2-8,10-11H2,1H3,(H,20,24)/t13-/m1/s1. The van der Waals surface area contributed by atoms with Gasteiger partial charge in [-0.15, -0.1) is 0 Å². The Balaban J connectivity index is 1.49. The summed E-state index contributed by atoms with van der Waals surface area (Å²) in [4.78, 5) is 29.2. The summed E-state index contributed by atoms with van der Waals surface area (Å²) in [6, 6.07) is 1.66. The van der Waals surface area contributed by atoms with Crippen LogP contribution < -0.4 is 11.0 Å². The van der Waals surface area contributed by atoms with Gasteiger partial charge in [-0.05, 0) is 45.4 Å². The number of hydrogen-bond acceptors (Lipinski definition) is 7. The minimum atomic E-state index is -0.245. The lowest BCUT2D eigenvalue weighted by molar-refractivity contribution is -0.113. The van der Waals surface area contributed by atoms with Crippen LogP contribution in [0.1, 0.15) is 42.6 Å². The Kier molecular flexibility index (Phi) is 5.82. The molecular formula is C19H24N4O4S. The highest BCUT2D eigenvalue weighted by Gasteiger charge is 2.24. The monoisotopic (exact) mass is 404 g/mol. The topological polar surface area (TPSA) is 99.2 Å². The number of nitrogens with one attached hydrogen (secondary N) is 1. The molecule has 2 aromatic heterocycles. The van der Waals surface area contributed by atoms with E-state index in [9.17, 15) is 9.59 Å². The quantitative estimate of drug-likeness (QED) is 0.583. The molecule has 150 valence electrons. The minimum absolute atomic E-state index is 0.0974. The Morgan fingerprint density at radius 1 is 1.36 bits per heavy atom. The van der Waals surface area contributed by atoms with Crippen LogP contribution in [0.5, 0.6) is 0 Å². The molecule has 4 rings (SSSR count). The van der Waals surface area contributed by atoms with E-state index in [-0.39, 0.29) is 23.5 Å². The van der Waals surface area contributed by atoms with E-state index in [1.807, 2.05) is 0 Å². The van der Waals surface area contributed by atoms with Crippen LogP contribution in [0, 0.1) is 6.92 Å². The van der Waals surface area contributed by atoms with Gasteiger partial charge in [0.05, 0.1) is 24.1 Å². The second-order valence-electron chi connectivity index (χ2n) is 7.25. The van der Waals surface area contributed by atoms with Crippen molar-refractivity contribution in [3.05, 3.63) is 33.5 Å². The lowest BCUT2D eigenvalue weighted by atomic mass is 9.97. The number of hydrogen-bond donors (Lipinski definition) is 1. The second-order valence-corrected chi connectivity index (χ2v) is 8.21. The molecule has 0 saturated carbocycles. The number of aromatic nitrogens is 3. The van der Waals surface area contributed by atoms with Gasteiger partial charge in [-0.25, -0.2) is 4.79 Å². The molecule has 0 aromatic carbocycles. The predicted molar refractivity (Wildman–Crippen MR) is 105 cm³/mol. The maximum atomic E-state index is 12.7. The molecule has 0 bridgehead atoms. The molecule has 1 amide bonds. The fraction of sp³-hybridized carbons (Fsp3) is 0.579. The lowest BCUT2D eigenvalue weighted by Crippen LogP contribution is -2.34. The van der Waals surface area contributed by atoms with Gasteiger partial charge in [0.25, 0.3) is 0 Å². The highest BCUT2D eigenvalue weighted by Crippen LogP contribution is 2.29. The summed E-state index contributed by atoms with van der Waals surface area (Å²) in [5.41, 5.74) is 2.63. The fourth-order valence-electron chi connectivity index (χ4n) is 3.78. The number of anilines is 1. The number of carbonyl (C=O) groups excluding carboxylic acids is 1. The van der Waals surface area contributed by atoms with Crippen LogP contribution in [0.25, 0.3) is 0 Å².